The van der Waals surface area contributed by atoms with Gasteiger partial charge in [-0.25, -0.2) is 4.79 Å². The first-order chi connectivity index (χ1) is 18.8. The lowest BCUT2D eigenvalue weighted by Crippen LogP contribution is -2.33. The molecule has 8 nitrogen and oxygen atoms in total. The standard InChI is InChI=1S/C31H27NO7S/c1-29(2,3)27(34)36-17-10-12-19-23(14-17)38-24-15-18(37-28(35)30(4,5)6)11-13-20(24)31(19)21-8-7-9-22(32-16-40)25(21)26(33)39-31/h7-15H,1-6H3. The number of isothiocyanates is 1. The van der Waals surface area contributed by atoms with Gasteiger partial charge in [-0.2, -0.15) is 4.99 Å². The molecule has 2 aliphatic rings. The van der Waals surface area contributed by atoms with Crippen LogP contribution in [-0.4, -0.2) is 23.1 Å². The predicted molar refractivity (Wildman–Crippen MR) is 150 cm³/mol. The molecule has 0 fully saturated rings. The molecule has 0 saturated heterocycles. The number of rotatable bonds is 3. The highest BCUT2D eigenvalue weighted by Gasteiger charge is 2.54. The quantitative estimate of drug-likeness (QED) is 0.149. The van der Waals surface area contributed by atoms with E-state index >= 15 is 0 Å². The van der Waals surface area contributed by atoms with E-state index < -0.39 is 34.3 Å². The molecule has 0 unspecified atom stereocenters. The summed E-state index contributed by atoms with van der Waals surface area (Å²) in [5.74, 6) is -0.312. The maximum atomic E-state index is 13.4. The Kier molecular flexibility index (Phi) is 6.40. The number of fused-ring (bicyclic) bond motifs is 6. The van der Waals surface area contributed by atoms with Crippen molar-refractivity contribution in [1.82, 2.24) is 0 Å². The van der Waals surface area contributed by atoms with E-state index in [4.69, 9.17) is 31.2 Å². The Morgan fingerprint density at radius 3 is 1.82 bits per heavy atom. The zero-order valence-corrected chi connectivity index (χ0v) is 23.7. The molecule has 3 aromatic carbocycles. The van der Waals surface area contributed by atoms with Gasteiger partial charge in [0.05, 0.1) is 27.2 Å². The average molecular weight is 558 g/mol. The fourth-order valence-corrected chi connectivity index (χ4v) is 4.60. The second kappa shape index (κ2) is 9.40. The van der Waals surface area contributed by atoms with Crippen molar-refractivity contribution < 1.29 is 33.3 Å². The predicted octanol–water partition coefficient (Wildman–Crippen LogP) is 6.89. The van der Waals surface area contributed by atoms with Crippen LogP contribution in [-0.2, 0) is 19.9 Å². The van der Waals surface area contributed by atoms with Crippen LogP contribution in [0.25, 0.3) is 0 Å². The molecule has 0 N–H and O–H groups in total. The highest BCUT2D eigenvalue weighted by molar-refractivity contribution is 7.78. The number of benzene rings is 3. The normalized spacial score (nSPS) is 14.6. The fraction of sp³-hybridized carbons (Fsp3) is 0.290. The number of thiocarbonyl (C=S) groups is 1. The van der Waals surface area contributed by atoms with E-state index in [-0.39, 0.29) is 17.1 Å². The highest BCUT2D eigenvalue weighted by atomic mass is 32.1. The smallest absolute Gasteiger partial charge is 0.342 e. The Hall–Kier alpha value is -4.33. The Morgan fingerprint density at radius 2 is 1.35 bits per heavy atom. The fourth-order valence-electron chi connectivity index (χ4n) is 4.50. The van der Waals surface area contributed by atoms with E-state index in [0.29, 0.717) is 33.9 Å². The molecule has 3 aromatic rings. The largest absolute Gasteiger partial charge is 0.456 e. The van der Waals surface area contributed by atoms with Gasteiger partial charge in [-0.1, -0.05) is 12.1 Å². The first kappa shape index (κ1) is 27.2. The van der Waals surface area contributed by atoms with Gasteiger partial charge in [-0.15, -0.1) is 0 Å². The Labute approximate surface area is 236 Å². The molecule has 2 aliphatic heterocycles. The van der Waals surface area contributed by atoms with Gasteiger partial charge >= 0.3 is 17.9 Å². The van der Waals surface area contributed by atoms with Crippen molar-refractivity contribution in [2.75, 3.05) is 0 Å². The molecule has 0 aromatic heterocycles. The van der Waals surface area contributed by atoms with Crippen molar-refractivity contribution in [3.63, 3.8) is 0 Å². The summed E-state index contributed by atoms with van der Waals surface area (Å²) in [5.41, 5.74) is -0.712. The number of carbonyl (C=O) groups is 3. The maximum absolute atomic E-state index is 13.4. The zero-order chi connectivity index (χ0) is 29.0. The summed E-state index contributed by atoms with van der Waals surface area (Å²) in [6.45, 7) is 10.5. The van der Waals surface area contributed by atoms with Crippen molar-refractivity contribution in [1.29, 1.82) is 0 Å². The van der Waals surface area contributed by atoms with E-state index in [1.54, 1.807) is 96.1 Å². The minimum absolute atomic E-state index is 0.255. The number of esters is 3. The van der Waals surface area contributed by atoms with Crippen LogP contribution in [0.2, 0.25) is 0 Å². The molecule has 9 heteroatoms. The van der Waals surface area contributed by atoms with E-state index in [0.717, 1.165) is 0 Å². The Bertz CT molecular complexity index is 1560. The number of aliphatic imine (C=N–C) groups is 1. The number of hydrogen-bond acceptors (Lipinski definition) is 9. The van der Waals surface area contributed by atoms with Crippen molar-refractivity contribution in [3.05, 3.63) is 76.9 Å². The van der Waals surface area contributed by atoms with Crippen molar-refractivity contribution in [2.45, 2.75) is 47.1 Å². The topological polar surface area (TPSA) is 100 Å². The molecule has 5 rings (SSSR count). The maximum Gasteiger partial charge on any atom is 0.342 e. The van der Waals surface area contributed by atoms with Crippen LogP contribution < -0.4 is 14.2 Å². The monoisotopic (exact) mass is 557 g/mol. The second-order valence-corrected chi connectivity index (χ2v) is 11.9. The summed E-state index contributed by atoms with van der Waals surface area (Å²) in [6.07, 6.45) is 0. The third-order valence-electron chi connectivity index (χ3n) is 6.57. The summed E-state index contributed by atoms with van der Waals surface area (Å²) >= 11 is 4.80. The summed E-state index contributed by atoms with van der Waals surface area (Å²) in [4.78, 5) is 42.6. The molecular weight excluding hydrogens is 530 g/mol. The first-order valence-corrected chi connectivity index (χ1v) is 13.0. The minimum Gasteiger partial charge on any atom is -0.456 e. The second-order valence-electron chi connectivity index (χ2n) is 11.7. The van der Waals surface area contributed by atoms with Crippen molar-refractivity contribution >= 4 is 41.0 Å². The van der Waals surface area contributed by atoms with Gasteiger partial charge in [0.25, 0.3) is 0 Å². The molecule has 0 amide bonds. The Morgan fingerprint density at radius 1 is 0.825 bits per heavy atom. The van der Waals surface area contributed by atoms with Crippen LogP contribution in [0, 0.1) is 10.8 Å². The molecule has 204 valence electrons. The molecular formula is C31H27NO7S. The third-order valence-corrected chi connectivity index (χ3v) is 6.66. The summed E-state index contributed by atoms with van der Waals surface area (Å²) < 4.78 is 23.7. The lowest BCUT2D eigenvalue weighted by Gasteiger charge is -2.36. The number of hydrogen-bond donors (Lipinski definition) is 0. The summed E-state index contributed by atoms with van der Waals surface area (Å²) in [7, 11) is 0. The van der Waals surface area contributed by atoms with E-state index in [1.165, 1.54) is 0 Å². The summed E-state index contributed by atoms with van der Waals surface area (Å²) in [5, 5.41) is 2.32. The number of carbonyl (C=O) groups excluding carboxylic acids is 3. The van der Waals surface area contributed by atoms with Gasteiger partial charge in [-0.05, 0) is 84.1 Å². The molecule has 0 aliphatic carbocycles. The summed E-state index contributed by atoms with van der Waals surface area (Å²) in [6, 6.07) is 15.0. The van der Waals surface area contributed by atoms with Gasteiger partial charge < -0.3 is 18.9 Å². The molecule has 1 spiro atoms. The van der Waals surface area contributed by atoms with Crippen LogP contribution in [0.3, 0.4) is 0 Å². The van der Waals surface area contributed by atoms with Gasteiger partial charge in [0.1, 0.15) is 23.0 Å². The SMILES string of the molecule is CC(C)(C)C(=O)Oc1ccc2c(c1)Oc1cc(OC(=O)C(C)(C)C)ccc1C21OC(=O)c2c(N=C=S)cccc21. The van der Waals surface area contributed by atoms with Gasteiger partial charge in [0.2, 0.25) is 0 Å². The highest BCUT2D eigenvalue weighted by Crippen LogP contribution is 2.58. The molecule has 0 atom stereocenters. The number of nitrogens with zero attached hydrogens (tertiary/aromatic N) is 1. The van der Waals surface area contributed by atoms with Crippen LogP contribution in [0.4, 0.5) is 5.69 Å². The van der Waals surface area contributed by atoms with Crippen LogP contribution in [0.1, 0.15) is 68.6 Å². The van der Waals surface area contributed by atoms with Gasteiger partial charge in [0.15, 0.2) is 5.60 Å². The molecule has 0 radical (unpaired) electrons. The van der Waals surface area contributed by atoms with Crippen molar-refractivity contribution in [3.8, 4) is 23.0 Å². The Balaban J connectivity index is 1.71. The lowest BCUT2D eigenvalue weighted by molar-refractivity contribution is -0.143. The van der Waals surface area contributed by atoms with Crippen LogP contribution in [0.15, 0.2) is 59.6 Å². The van der Waals surface area contributed by atoms with E-state index in [1.807, 2.05) is 0 Å². The minimum atomic E-state index is -1.42. The van der Waals surface area contributed by atoms with Gasteiger partial charge in [0, 0.05) is 28.8 Å². The number of ether oxygens (including phenoxy) is 4. The first-order valence-electron chi connectivity index (χ1n) is 12.6. The molecule has 2 heterocycles. The lowest BCUT2D eigenvalue weighted by atomic mass is 9.77. The molecule has 0 saturated carbocycles. The van der Waals surface area contributed by atoms with E-state index in [9.17, 15) is 14.4 Å². The van der Waals surface area contributed by atoms with E-state index in [2.05, 4.69) is 10.2 Å². The van der Waals surface area contributed by atoms with Crippen molar-refractivity contribution in [2.24, 2.45) is 15.8 Å². The average Bonchev–Trinajstić information content (AvgIpc) is 3.16. The zero-order valence-electron chi connectivity index (χ0n) is 22.9. The van der Waals surface area contributed by atoms with Gasteiger partial charge in [-0.3, -0.25) is 9.59 Å². The van der Waals surface area contributed by atoms with Crippen LogP contribution in [0.5, 0.6) is 23.0 Å². The molecule has 40 heavy (non-hydrogen) atoms. The third kappa shape index (κ3) is 4.47. The molecule has 0 bridgehead atoms. The van der Waals surface area contributed by atoms with Crippen LogP contribution >= 0.6 is 12.2 Å².